The number of amides is 1. The molecule has 0 saturated carbocycles. The predicted molar refractivity (Wildman–Crippen MR) is 83.0 cm³/mol. The van der Waals surface area contributed by atoms with Gasteiger partial charge >= 0.3 is 0 Å². The van der Waals surface area contributed by atoms with E-state index >= 15 is 0 Å². The standard InChI is InChI=1S/C17H17N3O/c21-17(20-10-12-5-1-2-6-13(12)11-20)16-9-18-14-7-3-4-8-15(14)19-16/h1-8,16,18-19H,9-11H2. The Labute approximate surface area is 123 Å². The van der Waals surface area contributed by atoms with E-state index in [1.165, 1.54) is 11.1 Å². The van der Waals surface area contributed by atoms with Gasteiger partial charge in [-0.2, -0.15) is 0 Å². The molecular weight excluding hydrogens is 262 g/mol. The molecule has 1 amide bonds. The molecule has 2 N–H and O–H groups in total. The maximum atomic E-state index is 12.7. The van der Waals surface area contributed by atoms with E-state index in [9.17, 15) is 4.79 Å². The lowest BCUT2D eigenvalue weighted by Gasteiger charge is -2.30. The minimum Gasteiger partial charge on any atom is -0.381 e. The normalized spacial score (nSPS) is 19.2. The average molecular weight is 279 g/mol. The molecule has 4 rings (SSSR count). The van der Waals surface area contributed by atoms with E-state index in [0.29, 0.717) is 6.54 Å². The zero-order chi connectivity index (χ0) is 14.2. The van der Waals surface area contributed by atoms with E-state index in [2.05, 4.69) is 22.8 Å². The van der Waals surface area contributed by atoms with E-state index < -0.39 is 0 Å². The summed E-state index contributed by atoms with van der Waals surface area (Å²) in [6, 6.07) is 16.1. The number of rotatable bonds is 1. The summed E-state index contributed by atoms with van der Waals surface area (Å²) in [4.78, 5) is 14.6. The van der Waals surface area contributed by atoms with Crippen LogP contribution >= 0.6 is 0 Å². The summed E-state index contributed by atoms with van der Waals surface area (Å²) in [6.45, 7) is 2.06. The topological polar surface area (TPSA) is 44.4 Å². The van der Waals surface area contributed by atoms with E-state index in [1.807, 2.05) is 41.3 Å². The molecule has 2 heterocycles. The third kappa shape index (κ3) is 2.13. The van der Waals surface area contributed by atoms with E-state index in [-0.39, 0.29) is 11.9 Å². The summed E-state index contributed by atoms with van der Waals surface area (Å²) < 4.78 is 0. The van der Waals surface area contributed by atoms with Crippen LogP contribution in [-0.2, 0) is 17.9 Å². The Morgan fingerprint density at radius 3 is 2.29 bits per heavy atom. The van der Waals surface area contributed by atoms with Crippen LogP contribution in [0.25, 0.3) is 0 Å². The summed E-state index contributed by atoms with van der Waals surface area (Å²) in [5.41, 5.74) is 4.58. The molecule has 0 radical (unpaired) electrons. The highest BCUT2D eigenvalue weighted by atomic mass is 16.2. The van der Waals surface area contributed by atoms with E-state index in [1.54, 1.807) is 0 Å². The van der Waals surface area contributed by atoms with Crippen LogP contribution in [0.15, 0.2) is 48.5 Å². The number of carbonyl (C=O) groups is 1. The van der Waals surface area contributed by atoms with Gasteiger partial charge in [0.2, 0.25) is 5.91 Å². The Bertz CT molecular complexity index is 673. The largest absolute Gasteiger partial charge is 0.381 e. The first kappa shape index (κ1) is 12.3. The Kier molecular flexibility index (Phi) is 2.81. The third-order valence-electron chi connectivity index (χ3n) is 4.20. The van der Waals surface area contributed by atoms with Crippen LogP contribution in [0.1, 0.15) is 11.1 Å². The summed E-state index contributed by atoms with van der Waals surface area (Å²) >= 11 is 0. The van der Waals surface area contributed by atoms with Gasteiger partial charge < -0.3 is 15.5 Å². The molecule has 2 aromatic rings. The van der Waals surface area contributed by atoms with Gasteiger partial charge in [0, 0.05) is 19.6 Å². The zero-order valence-corrected chi connectivity index (χ0v) is 11.7. The second-order valence-corrected chi connectivity index (χ2v) is 5.59. The summed E-state index contributed by atoms with van der Waals surface area (Å²) in [7, 11) is 0. The lowest BCUT2D eigenvalue weighted by atomic mass is 10.1. The number of para-hydroxylation sites is 2. The molecule has 2 aliphatic heterocycles. The molecule has 1 atom stereocenters. The van der Waals surface area contributed by atoms with Crippen molar-refractivity contribution in [3.8, 4) is 0 Å². The van der Waals surface area contributed by atoms with Crippen LogP contribution in [-0.4, -0.2) is 23.4 Å². The SMILES string of the molecule is O=C(C1CNc2ccccc2N1)N1Cc2ccccc2C1. The van der Waals surface area contributed by atoms with E-state index in [0.717, 1.165) is 24.5 Å². The average Bonchev–Trinajstić information content (AvgIpc) is 2.97. The highest BCUT2D eigenvalue weighted by Gasteiger charge is 2.30. The number of benzene rings is 2. The van der Waals surface area contributed by atoms with Crippen LogP contribution in [0.2, 0.25) is 0 Å². The number of anilines is 2. The van der Waals surface area contributed by atoms with Crippen molar-refractivity contribution in [2.24, 2.45) is 0 Å². The van der Waals surface area contributed by atoms with Crippen LogP contribution < -0.4 is 10.6 Å². The molecule has 0 aliphatic carbocycles. The van der Waals surface area contributed by atoms with Crippen molar-refractivity contribution < 1.29 is 4.79 Å². The third-order valence-corrected chi connectivity index (χ3v) is 4.20. The Morgan fingerprint density at radius 2 is 1.57 bits per heavy atom. The number of carbonyl (C=O) groups excluding carboxylic acids is 1. The number of nitrogens with one attached hydrogen (secondary N) is 2. The second-order valence-electron chi connectivity index (χ2n) is 5.59. The van der Waals surface area contributed by atoms with Crippen LogP contribution in [0, 0.1) is 0 Å². The predicted octanol–water partition coefficient (Wildman–Crippen LogP) is 2.44. The molecule has 0 spiro atoms. The molecular formula is C17H17N3O. The fraction of sp³-hybridized carbons (Fsp3) is 0.235. The maximum absolute atomic E-state index is 12.7. The van der Waals surface area contributed by atoms with Gasteiger partial charge in [-0.1, -0.05) is 36.4 Å². The number of hydrogen-bond donors (Lipinski definition) is 2. The van der Waals surface area contributed by atoms with Gasteiger partial charge in [-0.25, -0.2) is 0 Å². The molecule has 0 bridgehead atoms. The molecule has 0 aromatic heterocycles. The van der Waals surface area contributed by atoms with Gasteiger partial charge in [-0.05, 0) is 23.3 Å². The number of nitrogens with zero attached hydrogens (tertiary/aromatic N) is 1. The molecule has 0 fully saturated rings. The monoisotopic (exact) mass is 279 g/mol. The summed E-state index contributed by atoms with van der Waals surface area (Å²) in [5.74, 6) is 0.160. The lowest BCUT2D eigenvalue weighted by Crippen LogP contribution is -2.46. The van der Waals surface area contributed by atoms with Gasteiger partial charge in [-0.3, -0.25) is 4.79 Å². The Morgan fingerprint density at radius 1 is 0.952 bits per heavy atom. The van der Waals surface area contributed by atoms with Crippen molar-refractivity contribution in [1.29, 1.82) is 0 Å². The maximum Gasteiger partial charge on any atom is 0.247 e. The molecule has 4 heteroatoms. The van der Waals surface area contributed by atoms with Crippen LogP contribution in [0.5, 0.6) is 0 Å². The first-order chi connectivity index (χ1) is 10.3. The van der Waals surface area contributed by atoms with Crippen molar-refractivity contribution in [1.82, 2.24) is 4.90 Å². The zero-order valence-electron chi connectivity index (χ0n) is 11.7. The van der Waals surface area contributed by atoms with Gasteiger partial charge in [0.05, 0.1) is 11.4 Å². The first-order valence-corrected chi connectivity index (χ1v) is 7.26. The quantitative estimate of drug-likeness (QED) is 0.842. The van der Waals surface area contributed by atoms with Crippen molar-refractivity contribution in [2.75, 3.05) is 17.2 Å². The van der Waals surface area contributed by atoms with Gasteiger partial charge in [0.1, 0.15) is 6.04 Å². The summed E-state index contributed by atoms with van der Waals surface area (Å²) in [6.07, 6.45) is 0. The number of hydrogen-bond acceptors (Lipinski definition) is 3. The van der Waals surface area contributed by atoms with Crippen LogP contribution in [0.3, 0.4) is 0 Å². The lowest BCUT2D eigenvalue weighted by molar-refractivity contribution is -0.132. The highest BCUT2D eigenvalue weighted by Crippen LogP contribution is 2.28. The highest BCUT2D eigenvalue weighted by molar-refractivity contribution is 5.89. The van der Waals surface area contributed by atoms with Crippen molar-refractivity contribution in [3.05, 3.63) is 59.7 Å². The minimum atomic E-state index is -0.200. The van der Waals surface area contributed by atoms with E-state index in [4.69, 9.17) is 0 Å². The van der Waals surface area contributed by atoms with Crippen molar-refractivity contribution in [3.63, 3.8) is 0 Å². The fourth-order valence-electron chi connectivity index (χ4n) is 3.07. The molecule has 4 nitrogen and oxygen atoms in total. The van der Waals surface area contributed by atoms with Gasteiger partial charge in [-0.15, -0.1) is 0 Å². The Balaban J connectivity index is 1.50. The van der Waals surface area contributed by atoms with Crippen LogP contribution in [0.4, 0.5) is 11.4 Å². The first-order valence-electron chi connectivity index (χ1n) is 7.26. The smallest absolute Gasteiger partial charge is 0.247 e. The molecule has 1 unspecified atom stereocenters. The van der Waals surface area contributed by atoms with Crippen molar-refractivity contribution >= 4 is 17.3 Å². The number of fused-ring (bicyclic) bond motifs is 2. The molecule has 0 saturated heterocycles. The second kappa shape index (κ2) is 4.81. The molecule has 106 valence electrons. The van der Waals surface area contributed by atoms with Gasteiger partial charge in [0.15, 0.2) is 0 Å². The molecule has 21 heavy (non-hydrogen) atoms. The molecule has 2 aliphatic rings. The van der Waals surface area contributed by atoms with Gasteiger partial charge in [0.25, 0.3) is 0 Å². The minimum absolute atomic E-state index is 0.160. The Hall–Kier alpha value is -2.49. The molecule has 2 aromatic carbocycles. The van der Waals surface area contributed by atoms with Crippen molar-refractivity contribution in [2.45, 2.75) is 19.1 Å². The fourth-order valence-corrected chi connectivity index (χ4v) is 3.07. The summed E-state index contributed by atoms with van der Waals surface area (Å²) in [5, 5.41) is 6.67.